The number of hydrogen-bond acceptors (Lipinski definition) is 6. The van der Waals surface area contributed by atoms with Gasteiger partial charge in [-0.1, -0.05) is 12.1 Å². The molecule has 2 fully saturated rings. The van der Waals surface area contributed by atoms with E-state index in [0.717, 1.165) is 55.8 Å². The smallest absolute Gasteiger partial charge is 0.371 e. The van der Waals surface area contributed by atoms with E-state index in [2.05, 4.69) is 25.0 Å². The quantitative estimate of drug-likeness (QED) is 0.353. The summed E-state index contributed by atoms with van der Waals surface area (Å²) in [6.45, 7) is 3.04. The van der Waals surface area contributed by atoms with Gasteiger partial charge in [0.1, 0.15) is 0 Å². The molecular weight excluding hydrogens is 491 g/mol. The average Bonchev–Trinajstić information content (AvgIpc) is 3.37. The molecule has 6 rings (SSSR count). The van der Waals surface area contributed by atoms with Crippen molar-refractivity contribution >= 4 is 28.3 Å². The molecule has 7 nitrogen and oxygen atoms in total. The van der Waals surface area contributed by atoms with Crippen molar-refractivity contribution in [1.82, 2.24) is 24.5 Å². The Morgan fingerprint density at radius 2 is 1.55 bits per heavy atom. The molecule has 0 amide bonds. The zero-order chi connectivity index (χ0) is 26.4. The predicted molar refractivity (Wildman–Crippen MR) is 144 cm³/mol. The third-order valence-electron chi connectivity index (χ3n) is 8.02. The maximum absolute atomic E-state index is 14.3. The third-order valence-corrected chi connectivity index (χ3v) is 8.02. The van der Waals surface area contributed by atoms with Crippen LogP contribution in [-0.2, 0) is 6.18 Å². The third kappa shape index (κ3) is 4.55. The van der Waals surface area contributed by atoms with Gasteiger partial charge in [-0.05, 0) is 81.6 Å². The number of halogens is 3. The van der Waals surface area contributed by atoms with E-state index in [0.29, 0.717) is 35.9 Å². The van der Waals surface area contributed by atoms with Crippen LogP contribution in [0.5, 0.6) is 0 Å². The van der Waals surface area contributed by atoms with Gasteiger partial charge < -0.3 is 14.7 Å². The second kappa shape index (κ2) is 9.72. The molecular formula is C28H32F3N7. The van der Waals surface area contributed by atoms with Crippen LogP contribution in [0.25, 0.3) is 27.8 Å². The Morgan fingerprint density at radius 3 is 2.26 bits per heavy atom. The molecule has 0 radical (unpaired) electrons. The van der Waals surface area contributed by atoms with Gasteiger partial charge in [-0.3, -0.25) is 9.38 Å². The van der Waals surface area contributed by atoms with E-state index in [1.54, 1.807) is 18.3 Å². The Balaban J connectivity index is 1.40. The summed E-state index contributed by atoms with van der Waals surface area (Å²) < 4.78 is 44.9. The molecule has 2 saturated heterocycles. The van der Waals surface area contributed by atoms with Crippen LogP contribution in [0.1, 0.15) is 37.7 Å². The minimum absolute atomic E-state index is 0.259. The SMILES string of the molecule is CN(C)C1CCN(c2ccc(-c3ccc4ncc5nnc(N6CCCCC6)n5c4c3)cc2C(F)(F)F)CC1. The summed E-state index contributed by atoms with van der Waals surface area (Å²) in [5.41, 5.74) is 3.05. The molecule has 0 spiro atoms. The van der Waals surface area contributed by atoms with Gasteiger partial charge in [0, 0.05) is 37.9 Å². The summed E-state index contributed by atoms with van der Waals surface area (Å²) >= 11 is 0. The van der Waals surface area contributed by atoms with Crippen molar-refractivity contribution in [3.05, 3.63) is 48.2 Å². The lowest BCUT2D eigenvalue weighted by Crippen LogP contribution is -2.42. The molecule has 0 atom stereocenters. The van der Waals surface area contributed by atoms with E-state index in [-0.39, 0.29) is 5.69 Å². The van der Waals surface area contributed by atoms with Gasteiger partial charge in [0.15, 0.2) is 5.65 Å². The predicted octanol–water partition coefficient (Wildman–Crippen LogP) is 5.48. The normalized spacial score (nSPS) is 17.7. The molecule has 2 aliphatic heterocycles. The van der Waals surface area contributed by atoms with Crippen LogP contribution in [0.2, 0.25) is 0 Å². The van der Waals surface area contributed by atoms with Crippen molar-refractivity contribution in [1.29, 1.82) is 0 Å². The highest BCUT2D eigenvalue weighted by Crippen LogP contribution is 2.40. The zero-order valence-electron chi connectivity index (χ0n) is 21.7. The van der Waals surface area contributed by atoms with Crippen LogP contribution in [0.15, 0.2) is 42.6 Å². The first-order valence-corrected chi connectivity index (χ1v) is 13.3. The summed E-state index contributed by atoms with van der Waals surface area (Å²) in [5.74, 6) is 0.761. The molecule has 38 heavy (non-hydrogen) atoms. The minimum Gasteiger partial charge on any atom is -0.371 e. The summed E-state index contributed by atoms with van der Waals surface area (Å²) in [6, 6.07) is 10.7. The Bertz CT molecular complexity index is 1450. The lowest BCUT2D eigenvalue weighted by atomic mass is 9.98. The van der Waals surface area contributed by atoms with E-state index in [1.165, 1.54) is 12.5 Å². The summed E-state index contributed by atoms with van der Waals surface area (Å²) in [4.78, 5) is 10.8. The highest BCUT2D eigenvalue weighted by molar-refractivity contribution is 5.85. The van der Waals surface area contributed by atoms with Crippen LogP contribution < -0.4 is 9.80 Å². The highest BCUT2D eigenvalue weighted by atomic mass is 19.4. The Labute approximate surface area is 219 Å². The van der Waals surface area contributed by atoms with E-state index >= 15 is 0 Å². The van der Waals surface area contributed by atoms with Crippen LogP contribution in [-0.4, -0.2) is 70.8 Å². The lowest BCUT2D eigenvalue weighted by Gasteiger charge is -2.37. The number of benzene rings is 2. The molecule has 4 heterocycles. The molecule has 0 aliphatic carbocycles. The monoisotopic (exact) mass is 523 g/mol. The molecule has 2 aromatic heterocycles. The van der Waals surface area contributed by atoms with Gasteiger partial charge in [-0.15, -0.1) is 10.2 Å². The number of rotatable bonds is 4. The molecule has 0 N–H and O–H groups in total. The number of fused-ring (bicyclic) bond motifs is 3. The Morgan fingerprint density at radius 1 is 0.842 bits per heavy atom. The second-order valence-corrected chi connectivity index (χ2v) is 10.6. The molecule has 200 valence electrons. The van der Waals surface area contributed by atoms with Crippen molar-refractivity contribution in [2.45, 2.75) is 44.3 Å². The van der Waals surface area contributed by atoms with Gasteiger partial charge in [0.2, 0.25) is 5.95 Å². The fraction of sp³-hybridized carbons (Fsp3) is 0.464. The summed E-state index contributed by atoms with van der Waals surface area (Å²) in [5, 5.41) is 8.76. The number of nitrogens with zero attached hydrogens (tertiary/aromatic N) is 7. The van der Waals surface area contributed by atoms with Crippen molar-refractivity contribution in [3.8, 4) is 11.1 Å². The first kappa shape index (κ1) is 24.9. The van der Waals surface area contributed by atoms with Gasteiger partial charge in [-0.25, -0.2) is 0 Å². The number of piperidine rings is 2. The Kier molecular flexibility index (Phi) is 6.37. The molecule has 4 aromatic rings. The van der Waals surface area contributed by atoms with E-state index in [4.69, 9.17) is 0 Å². The second-order valence-electron chi connectivity index (χ2n) is 10.6. The van der Waals surface area contributed by atoms with Crippen molar-refractivity contribution in [3.63, 3.8) is 0 Å². The van der Waals surface area contributed by atoms with Gasteiger partial charge in [0.05, 0.1) is 22.8 Å². The standard InChI is InChI=1S/C28H32F3N7/c1-35(2)21-10-14-36(15-11-21)24-9-7-19(16-22(24)28(29,30)31)20-6-8-23-25(17-20)38-26(18-32-23)33-34-27(38)37-12-4-3-5-13-37/h6-9,16-18,21H,3-5,10-15H2,1-2H3. The van der Waals surface area contributed by atoms with Crippen molar-refractivity contribution in [2.24, 2.45) is 0 Å². The molecule has 0 bridgehead atoms. The molecule has 2 aromatic carbocycles. The van der Waals surface area contributed by atoms with E-state index in [9.17, 15) is 13.2 Å². The molecule has 0 saturated carbocycles. The van der Waals surface area contributed by atoms with Crippen LogP contribution in [0.4, 0.5) is 24.8 Å². The van der Waals surface area contributed by atoms with E-state index in [1.807, 2.05) is 41.6 Å². The summed E-state index contributed by atoms with van der Waals surface area (Å²) in [6.07, 6.45) is 2.33. The van der Waals surface area contributed by atoms with Crippen LogP contribution in [0, 0.1) is 0 Å². The fourth-order valence-electron chi connectivity index (χ4n) is 5.86. The highest BCUT2D eigenvalue weighted by Gasteiger charge is 2.36. The van der Waals surface area contributed by atoms with E-state index < -0.39 is 11.7 Å². The first-order chi connectivity index (χ1) is 18.3. The Hall–Kier alpha value is -3.40. The first-order valence-electron chi connectivity index (χ1n) is 13.3. The number of anilines is 2. The summed E-state index contributed by atoms with van der Waals surface area (Å²) in [7, 11) is 4.05. The maximum Gasteiger partial charge on any atom is 0.418 e. The lowest BCUT2D eigenvalue weighted by molar-refractivity contribution is -0.137. The molecule has 10 heteroatoms. The fourth-order valence-corrected chi connectivity index (χ4v) is 5.86. The number of hydrogen-bond donors (Lipinski definition) is 0. The topological polar surface area (TPSA) is 52.8 Å². The number of alkyl halides is 3. The maximum atomic E-state index is 14.3. The molecule has 2 aliphatic rings. The zero-order valence-corrected chi connectivity index (χ0v) is 21.7. The van der Waals surface area contributed by atoms with Crippen molar-refractivity contribution < 1.29 is 13.2 Å². The van der Waals surface area contributed by atoms with Gasteiger partial charge >= 0.3 is 6.18 Å². The average molecular weight is 524 g/mol. The number of aromatic nitrogens is 4. The molecule has 0 unspecified atom stereocenters. The largest absolute Gasteiger partial charge is 0.418 e. The van der Waals surface area contributed by atoms with Crippen LogP contribution in [0.3, 0.4) is 0 Å². The van der Waals surface area contributed by atoms with Crippen molar-refractivity contribution in [2.75, 3.05) is 50.1 Å². The van der Waals surface area contributed by atoms with Gasteiger partial charge in [-0.2, -0.15) is 13.2 Å². The van der Waals surface area contributed by atoms with Crippen LogP contribution >= 0.6 is 0 Å². The minimum atomic E-state index is -4.45. The van der Waals surface area contributed by atoms with Gasteiger partial charge in [0.25, 0.3) is 0 Å².